The van der Waals surface area contributed by atoms with Crippen LogP contribution in [0.2, 0.25) is 0 Å². The number of ether oxygens (including phenoxy) is 2. The maximum atomic E-state index is 12.0. The summed E-state index contributed by atoms with van der Waals surface area (Å²) in [5, 5.41) is 10.9. The standard InChI is InChI=1S/C17H17NO5/c1-12-6-8-14(9-7-12)22-10-11-23-17(19)15-4-3-5-16(13(15)2)18(20)21/h3-9H,10-11H2,1-2H3. The minimum Gasteiger partial charge on any atom is -0.490 e. The summed E-state index contributed by atoms with van der Waals surface area (Å²) < 4.78 is 10.6. The normalized spacial score (nSPS) is 10.2. The SMILES string of the molecule is Cc1ccc(OCCOC(=O)c2cccc([N+](=O)[O-])c2C)cc1. The zero-order chi connectivity index (χ0) is 16.8. The highest BCUT2D eigenvalue weighted by Gasteiger charge is 2.18. The monoisotopic (exact) mass is 315 g/mol. The molecule has 6 heteroatoms. The van der Waals surface area contributed by atoms with Crippen molar-refractivity contribution >= 4 is 11.7 Å². The van der Waals surface area contributed by atoms with Crippen molar-refractivity contribution in [2.75, 3.05) is 13.2 Å². The van der Waals surface area contributed by atoms with Crippen molar-refractivity contribution in [1.29, 1.82) is 0 Å². The van der Waals surface area contributed by atoms with E-state index in [2.05, 4.69) is 0 Å². The first kappa shape index (κ1) is 16.5. The van der Waals surface area contributed by atoms with Crippen LogP contribution >= 0.6 is 0 Å². The number of esters is 1. The van der Waals surface area contributed by atoms with E-state index >= 15 is 0 Å². The minimum absolute atomic E-state index is 0.0643. The Morgan fingerprint density at radius 2 is 1.78 bits per heavy atom. The van der Waals surface area contributed by atoms with E-state index in [1.54, 1.807) is 0 Å². The lowest BCUT2D eigenvalue weighted by Crippen LogP contribution is -2.13. The van der Waals surface area contributed by atoms with Gasteiger partial charge < -0.3 is 9.47 Å². The molecule has 2 rings (SSSR count). The van der Waals surface area contributed by atoms with Crippen LogP contribution in [0.3, 0.4) is 0 Å². The summed E-state index contributed by atoms with van der Waals surface area (Å²) in [5.74, 6) is 0.0943. The van der Waals surface area contributed by atoms with Crippen molar-refractivity contribution in [3.05, 3.63) is 69.3 Å². The molecule has 2 aromatic carbocycles. The molecular formula is C17H17NO5. The Labute approximate surface area is 133 Å². The average Bonchev–Trinajstić information content (AvgIpc) is 2.53. The second-order valence-corrected chi connectivity index (χ2v) is 5.00. The van der Waals surface area contributed by atoms with E-state index in [9.17, 15) is 14.9 Å². The van der Waals surface area contributed by atoms with Crippen LogP contribution in [0.1, 0.15) is 21.5 Å². The zero-order valence-electron chi connectivity index (χ0n) is 12.9. The van der Waals surface area contributed by atoms with Gasteiger partial charge in [-0.3, -0.25) is 10.1 Å². The van der Waals surface area contributed by atoms with Crippen LogP contribution in [0.5, 0.6) is 5.75 Å². The number of nitro groups is 1. The maximum absolute atomic E-state index is 12.0. The fourth-order valence-corrected chi connectivity index (χ4v) is 2.05. The number of benzene rings is 2. The quantitative estimate of drug-likeness (QED) is 0.353. The van der Waals surface area contributed by atoms with Crippen LogP contribution in [0.25, 0.3) is 0 Å². The summed E-state index contributed by atoms with van der Waals surface area (Å²) >= 11 is 0. The molecule has 120 valence electrons. The Hall–Kier alpha value is -2.89. The van der Waals surface area contributed by atoms with Crippen molar-refractivity contribution in [3.8, 4) is 5.75 Å². The molecule has 0 bridgehead atoms. The van der Waals surface area contributed by atoms with Crippen molar-refractivity contribution < 1.29 is 19.2 Å². The van der Waals surface area contributed by atoms with Gasteiger partial charge in [-0.1, -0.05) is 23.8 Å². The Morgan fingerprint density at radius 1 is 1.09 bits per heavy atom. The van der Waals surface area contributed by atoms with Gasteiger partial charge in [0.05, 0.1) is 10.5 Å². The number of carbonyl (C=O) groups is 1. The van der Waals surface area contributed by atoms with Crippen molar-refractivity contribution in [2.45, 2.75) is 13.8 Å². The maximum Gasteiger partial charge on any atom is 0.338 e. The van der Waals surface area contributed by atoms with E-state index in [0.29, 0.717) is 11.3 Å². The summed E-state index contributed by atoms with van der Waals surface area (Å²) in [4.78, 5) is 22.3. The van der Waals surface area contributed by atoms with E-state index < -0.39 is 10.9 Å². The fraction of sp³-hybridized carbons (Fsp3) is 0.235. The average molecular weight is 315 g/mol. The van der Waals surface area contributed by atoms with Crippen molar-refractivity contribution in [1.82, 2.24) is 0 Å². The summed E-state index contributed by atoms with van der Waals surface area (Å²) in [6, 6.07) is 11.8. The van der Waals surface area contributed by atoms with Gasteiger partial charge in [0.25, 0.3) is 5.69 Å². The van der Waals surface area contributed by atoms with Gasteiger partial charge in [-0.15, -0.1) is 0 Å². The largest absolute Gasteiger partial charge is 0.490 e. The van der Waals surface area contributed by atoms with Crippen molar-refractivity contribution in [3.63, 3.8) is 0 Å². The highest BCUT2D eigenvalue weighted by Crippen LogP contribution is 2.21. The Bertz CT molecular complexity index is 709. The topological polar surface area (TPSA) is 78.7 Å². The molecular weight excluding hydrogens is 298 g/mol. The number of hydrogen-bond acceptors (Lipinski definition) is 5. The van der Waals surface area contributed by atoms with E-state index in [1.165, 1.54) is 25.1 Å². The predicted octanol–water partition coefficient (Wildman–Crippen LogP) is 3.45. The molecule has 0 spiro atoms. The zero-order valence-corrected chi connectivity index (χ0v) is 12.9. The van der Waals surface area contributed by atoms with Gasteiger partial charge in [-0.25, -0.2) is 4.79 Å². The second kappa shape index (κ2) is 7.40. The van der Waals surface area contributed by atoms with Gasteiger partial charge >= 0.3 is 5.97 Å². The molecule has 6 nitrogen and oxygen atoms in total. The Kier molecular flexibility index (Phi) is 5.30. The lowest BCUT2D eigenvalue weighted by molar-refractivity contribution is -0.385. The van der Waals surface area contributed by atoms with Crippen LogP contribution in [0.15, 0.2) is 42.5 Å². The minimum atomic E-state index is -0.598. The molecule has 0 aliphatic rings. The van der Waals surface area contributed by atoms with Crippen LogP contribution in [-0.2, 0) is 4.74 Å². The van der Waals surface area contributed by atoms with E-state index in [0.717, 1.165) is 5.56 Å². The number of hydrogen-bond donors (Lipinski definition) is 0. The first-order chi connectivity index (χ1) is 11.0. The van der Waals surface area contributed by atoms with E-state index in [4.69, 9.17) is 9.47 Å². The highest BCUT2D eigenvalue weighted by atomic mass is 16.6. The predicted molar refractivity (Wildman–Crippen MR) is 84.8 cm³/mol. The molecule has 0 saturated carbocycles. The molecule has 0 amide bonds. The molecule has 0 aliphatic carbocycles. The molecule has 0 fully saturated rings. The summed E-state index contributed by atoms with van der Waals surface area (Å²) in [6.07, 6.45) is 0. The van der Waals surface area contributed by atoms with E-state index in [-0.39, 0.29) is 24.5 Å². The van der Waals surface area contributed by atoms with Gasteiger partial charge in [-0.05, 0) is 32.0 Å². The number of rotatable bonds is 6. The smallest absolute Gasteiger partial charge is 0.338 e. The third-order valence-corrected chi connectivity index (χ3v) is 3.33. The van der Waals surface area contributed by atoms with Gasteiger partial charge in [0.15, 0.2) is 0 Å². The molecule has 0 N–H and O–H groups in total. The third kappa shape index (κ3) is 4.29. The number of aryl methyl sites for hydroxylation is 1. The fourth-order valence-electron chi connectivity index (χ4n) is 2.05. The summed E-state index contributed by atoms with van der Waals surface area (Å²) in [7, 11) is 0. The van der Waals surface area contributed by atoms with Gasteiger partial charge in [0.1, 0.15) is 19.0 Å². The van der Waals surface area contributed by atoms with Crippen LogP contribution in [-0.4, -0.2) is 24.1 Å². The molecule has 0 radical (unpaired) electrons. The Morgan fingerprint density at radius 3 is 2.43 bits per heavy atom. The molecule has 2 aromatic rings. The van der Waals surface area contributed by atoms with E-state index in [1.807, 2.05) is 31.2 Å². The van der Waals surface area contributed by atoms with Gasteiger partial charge in [0.2, 0.25) is 0 Å². The first-order valence-electron chi connectivity index (χ1n) is 7.09. The molecule has 0 saturated heterocycles. The lowest BCUT2D eigenvalue weighted by Gasteiger charge is -2.09. The molecule has 0 atom stereocenters. The second-order valence-electron chi connectivity index (χ2n) is 5.00. The lowest BCUT2D eigenvalue weighted by atomic mass is 10.1. The highest BCUT2D eigenvalue weighted by molar-refractivity contribution is 5.92. The van der Waals surface area contributed by atoms with Gasteiger partial charge in [0, 0.05) is 11.6 Å². The first-order valence-corrected chi connectivity index (χ1v) is 7.09. The number of nitrogens with zero attached hydrogens (tertiary/aromatic N) is 1. The van der Waals surface area contributed by atoms with Gasteiger partial charge in [-0.2, -0.15) is 0 Å². The Balaban J connectivity index is 1.89. The molecule has 0 aromatic heterocycles. The molecule has 0 aliphatic heterocycles. The molecule has 0 heterocycles. The molecule has 23 heavy (non-hydrogen) atoms. The van der Waals surface area contributed by atoms with Crippen molar-refractivity contribution in [2.24, 2.45) is 0 Å². The van der Waals surface area contributed by atoms with Crippen LogP contribution < -0.4 is 4.74 Å². The van der Waals surface area contributed by atoms with Crippen LogP contribution in [0.4, 0.5) is 5.69 Å². The number of nitro benzene ring substituents is 1. The van der Waals surface area contributed by atoms with Crippen LogP contribution in [0, 0.1) is 24.0 Å². The summed E-state index contributed by atoms with van der Waals surface area (Å²) in [5.41, 5.74) is 1.51. The third-order valence-electron chi connectivity index (χ3n) is 3.33. The molecule has 0 unspecified atom stereocenters. The number of carbonyl (C=O) groups excluding carboxylic acids is 1. The summed E-state index contributed by atoms with van der Waals surface area (Å²) in [6.45, 7) is 3.78.